The summed E-state index contributed by atoms with van der Waals surface area (Å²) >= 11 is 0. The number of hydrogen-bond donors (Lipinski definition) is 6. The van der Waals surface area contributed by atoms with Gasteiger partial charge in [0.25, 0.3) is 17.7 Å². The standard InChI is InChI=1S/C26H29F4N5O3.C25H29F3N6O3.C24H28F3N7O3/c1-34(18-9-5-8-17(27)14-18)24(37)21-19(12-15-10-11-32-20(31)13-15)23(36)35(21)25(38)33-22(26(28,29)30)16-6-3-2-4-7-16;1-33(17-8-10-30-11-9-17)23(36)20-18(13-15-7-12-31-19(29)14-15)22(35)34(20)24(37)32-21(25(26,27)28)16-5-3-2-4-6-16;1-33(22-30-9-5-10-31-22)21(36)18-16(12-14-8-11-29-17(28)13-14)20(35)34(18)23(37)32-19(24(25,26)27)15-6-3-2-4-7-15/h5,8-11,13-14,16,19,21-22H,2-4,6-7,12H2,1H3,(H2,31,32)(H,33,38);7-12,14,16,18,20-21H,2-6,13H2,1H3,(H2,29,31)(H,32,37);5,8-11,13,15-16,18-19H,2-4,6-7,12H2,1H3,(H2,28,29)(H,32,37)/t19-,21+,22+;18-,20+,21+;16-,18+,19+/m111/s1. The van der Waals surface area contributed by atoms with Crippen molar-refractivity contribution in [3.8, 4) is 0 Å². The first kappa shape index (κ1) is 83.3. The SMILES string of the molecule is CN(C(=O)[C@@H]1[C@@H](Cc2ccnc(N)c2)C(=O)N1C(=O)N[C@@H](C1CCCCC1)C(F)(F)F)c1cccc(F)c1.CN(C(=O)[C@@H]1[C@@H](Cc2ccnc(N)c2)C(=O)N1C(=O)N[C@@H](C1CCCCC1)C(F)(F)F)c1ccncc1.CN(C(=O)[C@@H]1[C@@H](Cc2ccnc(N)c2)C(=O)N1C(=O)N[C@@H](C1CCCCC1)C(F)(F)F)c1ncccn1. The molecule has 9 N–H and O–H groups in total. The molecule has 1 aromatic carbocycles. The molecule has 27 nitrogen and oxygen atoms in total. The number of β-lactam (4-membered cyclic amide) rings is 3. The van der Waals surface area contributed by atoms with Crippen molar-refractivity contribution in [1.82, 2.24) is 60.6 Å². The van der Waals surface area contributed by atoms with Crippen LogP contribution in [0.1, 0.15) is 113 Å². The minimum Gasteiger partial charge on any atom is -0.384 e. The average Bonchev–Trinajstić information content (AvgIpc) is 0.751. The largest absolute Gasteiger partial charge is 0.408 e. The van der Waals surface area contributed by atoms with Gasteiger partial charge >= 0.3 is 36.6 Å². The van der Waals surface area contributed by atoms with Crippen LogP contribution in [-0.2, 0) is 48.0 Å². The van der Waals surface area contributed by atoms with Crippen LogP contribution in [0.4, 0.5) is 93.1 Å². The first-order valence-corrected chi connectivity index (χ1v) is 36.6. The van der Waals surface area contributed by atoms with Gasteiger partial charge in [-0.2, -0.15) is 39.5 Å². The van der Waals surface area contributed by atoms with E-state index in [4.69, 9.17) is 17.2 Å². The maximum atomic E-state index is 13.9. The number of aromatic nitrogens is 6. The van der Waals surface area contributed by atoms with E-state index in [0.29, 0.717) is 114 Å². The lowest BCUT2D eigenvalue weighted by molar-refractivity contribution is -0.171. The van der Waals surface area contributed by atoms with Crippen LogP contribution in [-0.4, -0.2) is 174 Å². The van der Waals surface area contributed by atoms with Crippen LogP contribution >= 0.6 is 0 Å². The number of carbonyl (C=O) groups excluding carboxylic acids is 9. The Hall–Kier alpha value is -11.2. The number of alkyl halides is 9. The molecule has 112 heavy (non-hydrogen) atoms. The van der Waals surface area contributed by atoms with Crippen LogP contribution < -0.4 is 47.9 Å². The highest BCUT2D eigenvalue weighted by Gasteiger charge is 2.60. The number of likely N-dealkylation sites (N-methyl/N-ethyl adjacent to an activating group) is 3. The normalized spacial score (nSPS) is 21.1. The number of likely N-dealkylation sites (tertiary alicyclic amines) is 3. The molecular formula is C75H86F10N18O9. The van der Waals surface area contributed by atoms with E-state index < -0.39 is 150 Å². The Morgan fingerprint density at radius 2 is 0.741 bits per heavy atom. The fourth-order valence-corrected chi connectivity index (χ4v) is 15.5. The molecule has 5 aromatic heterocycles. The first-order chi connectivity index (χ1) is 53.1. The summed E-state index contributed by atoms with van der Waals surface area (Å²) in [5.41, 5.74) is 19.6. The number of benzene rings is 1. The predicted molar refractivity (Wildman–Crippen MR) is 387 cm³/mol. The predicted octanol–water partition coefficient (Wildman–Crippen LogP) is 10.1. The number of rotatable bonds is 18. The first-order valence-electron chi connectivity index (χ1n) is 36.6. The molecule has 3 aliphatic carbocycles. The molecule has 37 heteroatoms. The second-order valence-electron chi connectivity index (χ2n) is 28.7. The molecule has 0 spiro atoms. The van der Waals surface area contributed by atoms with Crippen LogP contribution in [0, 0.1) is 41.3 Å². The molecule has 6 aliphatic rings. The van der Waals surface area contributed by atoms with Crippen molar-refractivity contribution in [2.75, 3.05) is 53.0 Å². The highest BCUT2D eigenvalue weighted by molar-refractivity contribution is 6.14. The van der Waals surface area contributed by atoms with Crippen LogP contribution in [0.2, 0.25) is 0 Å². The number of imide groups is 3. The van der Waals surface area contributed by atoms with Crippen LogP contribution in [0.5, 0.6) is 0 Å². The Morgan fingerprint density at radius 3 is 1.05 bits per heavy atom. The van der Waals surface area contributed by atoms with E-state index in [2.05, 4.69) is 29.9 Å². The van der Waals surface area contributed by atoms with E-state index in [1.54, 1.807) is 42.5 Å². The molecule has 12 amide bonds. The van der Waals surface area contributed by atoms with Crippen LogP contribution in [0.15, 0.2) is 122 Å². The summed E-state index contributed by atoms with van der Waals surface area (Å²) in [6.45, 7) is 0. The van der Waals surface area contributed by atoms with Gasteiger partial charge in [-0.1, -0.05) is 63.9 Å². The van der Waals surface area contributed by atoms with Gasteiger partial charge in [0.05, 0.1) is 17.8 Å². The van der Waals surface area contributed by atoms with Gasteiger partial charge in [0.1, 0.15) is 59.5 Å². The highest BCUT2D eigenvalue weighted by Crippen LogP contribution is 2.42. The lowest BCUT2D eigenvalue weighted by Crippen LogP contribution is -2.71. The van der Waals surface area contributed by atoms with Gasteiger partial charge in [-0.15, -0.1) is 0 Å². The Kier molecular flexibility index (Phi) is 26.7. The number of nitrogen functional groups attached to an aromatic ring is 3. The van der Waals surface area contributed by atoms with E-state index in [1.807, 2.05) is 16.0 Å². The molecule has 9 atom stereocenters. The van der Waals surface area contributed by atoms with Gasteiger partial charge in [-0.3, -0.25) is 53.4 Å². The van der Waals surface area contributed by atoms with Crippen molar-refractivity contribution in [2.45, 2.75) is 170 Å². The molecule has 0 bridgehead atoms. The van der Waals surface area contributed by atoms with Gasteiger partial charge in [0.2, 0.25) is 23.7 Å². The van der Waals surface area contributed by atoms with Crippen LogP contribution in [0.3, 0.4) is 0 Å². The summed E-state index contributed by atoms with van der Waals surface area (Å²) in [5, 5.41) is 6.08. The second kappa shape index (κ2) is 35.9. The molecule has 6 fully saturated rings. The van der Waals surface area contributed by atoms with Crippen molar-refractivity contribution in [3.63, 3.8) is 0 Å². The van der Waals surface area contributed by atoms with Crippen molar-refractivity contribution in [3.05, 3.63) is 145 Å². The number of nitrogens with one attached hydrogen (secondary N) is 3. The minimum atomic E-state index is -4.72. The van der Waals surface area contributed by atoms with Crippen molar-refractivity contribution >= 4 is 88.3 Å². The summed E-state index contributed by atoms with van der Waals surface area (Å²) < 4.78 is 139. The second-order valence-corrected chi connectivity index (χ2v) is 28.7. The molecule has 600 valence electrons. The third-order valence-electron chi connectivity index (χ3n) is 21.3. The number of nitrogens with two attached hydrogens (primary N) is 3. The molecular weight excluding hydrogens is 1490 g/mol. The molecule has 3 saturated carbocycles. The number of halogens is 10. The van der Waals surface area contributed by atoms with Crippen LogP contribution in [0.25, 0.3) is 0 Å². The summed E-state index contributed by atoms with van der Waals surface area (Å²) in [7, 11) is 4.19. The summed E-state index contributed by atoms with van der Waals surface area (Å²) in [6.07, 6.45) is 4.31. The number of pyridine rings is 4. The van der Waals surface area contributed by atoms with Crippen molar-refractivity contribution < 1.29 is 87.1 Å². The Morgan fingerprint density at radius 1 is 0.420 bits per heavy atom. The lowest BCUT2D eigenvalue weighted by Gasteiger charge is -2.46. The third-order valence-corrected chi connectivity index (χ3v) is 21.3. The smallest absolute Gasteiger partial charge is 0.384 e. The monoisotopic (exact) mass is 1570 g/mol. The minimum absolute atomic E-state index is 0.00799. The molecule has 8 heterocycles. The zero-order valence-corrected chi connectivity index (χ0v) is 61.3. The average molecular weight is 1570 g/mol. The Labute approximate surface area is 637 Å². The number of hydrogen-bond acceptors (Lipinski definition) is 18. The number of anilines is 6. The molecule has 0 unspecified atom stereocenters. The van der Waals surface area contributed by atoms with Gasteiger partial charge in [0.15, 0.2) is 0 Å². The molecule has 0 radical (unpaired) electrons. The zero-order chi connectivity index (χ0) is 81.1. The fourth-order valence-electron chi connectivity index (χ4n) is 15.5. The number of carbonyl (C=O) groups is 9. The maximum Gasteiger partial charge on any atom is 0.408 e. The topological polar surface area (TPSA) is 365 Å². The van der Waals surface area contributed by atoms with Gasteiger partial charge in [-0.25, -0.2) is 43.7 Å². The van der Waals surface area contributed by atoms with E-state index in [-0.39, 0.29) is 48.4 Å². The van der Waals surface area contributed by atoms with E-state index >= 15 is 0 Å². The summed E-state index contributed by atoms with van der Waals surface area (Å²) in [5.74, 6) is -9.65. The molecule has 6 aromatic rings. The van der Waals surface area contributed by atoms with Crippen molar-refractivity contribution in [2.24, 2.45) is 35.5 Å². The Bertz CT molecular complexity index is 4170. The van der Waals surface area contributed by atoms with E-state index in [1.165, 1.54) is 99.8 Å². The molecule has 3 saturated heterocycles. The van der Waals surface area contributed by atoms with Gasteiger partial charge in [0, 0.05) is 75.9 Å². The van der Waals surface area contributed by atoms with E-state index in [9.17, 15) is 87.1 Å². The summed E-state index contributed by atoms with van der Waals surface area (Å²) in [6, 6.07) is 5.13. The quantitative estimate of drug-likeness (QED) is 0.0344. The number of urea groups is 3. The zero-order valence-electron chi connectivity index (χ0n) is 61.3. The molecule has 3 aliphatic heterocycles. The fraction of sp³-hybridized carbons (Fsp3) is 0.480. The highest BCUT2D eigenvalue weighted by atomic mass is 19.4. The van der Waals surface area contributed by atoms with E-state index in [0.717, 1.165) is 35.1 Å². The van der Waals surface area contributed by atoms with Crippen molar-refractivity contribution in [1.29, 1.82) is 0 Å². The summed E-state index contributed by atoms with van der Waals surface area (Å²) in [4.78, 5) is 148. The maximum absolute atomic E-state index is 13.9. The lowest BCUT2D eigenvalue weighted by atomic mass is 9.81. The Balaban J connectivity index is 0.000000178. The van der Waals surface area contributed by atoms with Gasteiger partial charge in [-0.05, 0) is 165 Å². The number of amides is 12. The molecule has 12 rings (SSSR count). The third kappa shape index (κ3) is 19.8. The number of nitrogens with zero attached hydrogens (tertiary/aromatic N) is 12. The van der Waals surface area contributed by atoms with Gasteiger partial charge < -0.3 is 43.0 Å².